The fraction of sp³-hybridized carbons (Fsp3) is 0.500. The van der Waals surface area contributed by atoms with E-state index < -0.39 is 29.6 Å². The Balaban J connectivity index is 3.03. The summed E-state index contributed by atoms with van der Waals surface area (Å²) in [7, 11) is 0. The average Bonchev–Trinajstić information content (AvgIpc) is 2.37. The third-order valence-corrected chi connectivity index (χ3v) is 2.49. The minimum Gasteiger partial charge on any atom is -0.390 e. The zero-order valence-corrected chi connectivity index (χ0v) is 10.1. The van der Waals surface area contributed by atoms with Gasteiger partial charge in [-0.1, -0.05) is 11.2 Å². The molecule has 1 aromatic rings. The molecule has 1 aromatic heterocycles. The van der Waals surface area contributed by atoms with Crippen molar-refractivity contribution in [3.8, 4) is 0 Å². The van der Waals surface area contributed by atoms with E-state index in [2.05, 4.69) is 15.0 Å². The summed E-state index contributed by atoms with van der Waals surface area (Å²) < 4.78 is 38.3. The fourth-order valence-electron chi connectivity index (χ4n) is 1.55. The molecule has 4 N–H and O–H groups in total. The number of hydrogen-bond acceptors (Lipinski definition) is 5. The van der Waals surface area contributed by atoms with Gasteiger partial charge in [0.15, 0.2) is 5.69 Å². The number of rotatable bonds is 5. The van der Waals surface area contributed by atoms with Crippen molar-refractivity contribution in [1.29, 1.82) is 0 Å². The molecule has 0 fully saturated rings. The number of azide groups is 1. The zero-order chi connectivity index (χ0) is 15.3. The van der Waals surface area contributed by atoms with Gasteiger partial charge in [-0.3, -0.25) is 0 Å². The van der Waals surface area contributed by atoms with Gasteiger partial charge in [0.1, 0.15) is 11.9 Å². The van der Waals surface area contributed by atoms with Gasteiger partial charge in [-0.2, -0.15) is 13.2 Å². The van der Waals surface area contributed by atoms with E-state index in [1.54, 1.807) is 0 Å². The molecule has 0 radical (unpaired) electrons. The first-order valence-electron chi connectivity index (χ1n) is 5.48. The van der Waals surface area contributed by atoms with Gasteiger partial charge in [-0.15, -0.1) is 0 Å². The van der Waals surface area contributed by atoms with Crippen molar-refractivity contribution < 1.29 is 23.4 Å². The maximum Gasteiger partial charge on any atom is 0.433 e. The maximum atomic E-state index is 12.8. The summed E-state index contributed by atoms with van der Waals surface area (Å²) in [4.78, 5) is 5.58. The summed E-state index contributed by atoms with van der Waals surface area (Å²) in [6.07, 6.45) is -8.33. The van der Waals surface area contributed by atoms with Crippen molar-refractivity contribution in [1.82, 2.24) is 4.98 Å². The van der Waals surface area contributed by atoms with Crippen LogP contribution in [0, 0.1) is 0 Å². The Morgan fingerprint density at radius 1 is 1.40 bits per heavy atom. The highest BCUT2D eigenvalue weighted by Crippen LogP contribution is 2.35. The van der Waals surface area contributed by atoms with Crippen LogP contribution in [0.2, 0.25) is 0 Å². The van der Waals surface area contributed by atoms with Gasteiger partial charge in [-0.05, 0) is 18.0 Å². The van der Waals surface area contributed by atoms with Crippen LogP contribution in [-0.4, -0.2) is 27.8 Å². The third kappa shape index (κ3) is 3.98. The molecule has 2 unspecified atom stereocenters. The summed E-state index contributed by atoms with van der Waals surface area (Å²) >= 11 is 0. The fourth-order valence-corrected chi connectivity index (χ4v) is 1.55. The van der Waals surface area contributed by atoms with E-state index >= 15 is 0 Å². The number of alkyl halides is 3. The Morgan fingerprint density at radius 2 is 2.05 bits per heavy atom. The number of aliphatic hydroxyl groups is 2. The molecule has 10 heteroatoms. The molecular weight excluding hydrogens is 279 g/mol. The highest BCUT2D eigenvalue weighted by molar-refractivity contribution is 5.37. The van der Waals surface area contributed by atoms with Crippen molar-refractivity contribution in [2.75, 3.05) is 12.3 Å². The number of nitrogen functional groups attached to an aromatic ring is 1. The first-order chi connectivity index (χ1) is 9.27. The lowest BCUT2D eigenvalue weighted by Gasteiger charge is -2.21. The molecule has 110 valence electrons. The summed E-state index contributed by atoms with van der Waals surface area (Å²) in [5, 5.41) is 22.5. The Kier molecular flexibility index (Phi) is 5.14. The van der Waals surface area contributed by atoms with Crippen LogP contribution in [0.3, 0.4) is 0 Å². The summed E-state index contributed by atoms with van der Waals surface area (Å²) in [6.45, 7) is -0.154. The van der Waals surface area contributed by atoms with Crippen molar-refractivity contribution in [2.24, 2.45) is 5.11 Å². The van der Waals surface area contributed by atoms with Crippen LogP contribution in [0.4, 0.5) is 19.0 Å². The number of aromatic nitrogens is 1. The lowest BCUT2D eigenvalue weighted by Crippen LogP contribution is -2.23. The van der Waals surface area contributed by atoms with E-state index in [9.17, 15) is 23.4 Å². The average molecular weight is 291 g/mol. The topological polar surface area (TPSA) is 128 Å². The number of pyridine rings is 1. The molecule has 0 aliphatic carbocycles. The minimum absolute atomic E-state index is 0.154. The summed E-state index contributed by atoms with van der Waals surface area (Å²) in [6, 6.07) is 2.04. The first-order valence-corrected chi connectivity index (χ1v) is 5.48. The zero-order valence-electron chi connectivity index (χ0n) is 10.1. The van der Waals surface area contributed by atoms with Gasteiger partial charge < -0.3 is 15.9 Å². The molecule has 0 aromatic carbocycles. The Bertz CT molecular complexity index is 516. The summed E-state index contributed by atoms with van der Waals surface area (Å²) in [5.74, 6) is -0.350. The highest BCUT2D eigenvalue weighted by Gasteiger charge is 2.38. The van der Waals surface area contributed by atoms with E-state index in [0.717, 1.165) is 12.1 Å². The van der Waals surface area contributed by atoms with Gasteiger partial charge >= 0.3 is 6.18 Å². The van der Waals surface area contributed by atoms with Crippen molar-refractivity contribution in [2.45, 2.75) is 24.8 Å². The van der Waals surface area contributed by atoms with Crippen molar-refractivity contribution >= 4 is 5.82 Å². The normalized spacial score (nSPS) is 14.4. The van der Waals surface area contributed by atoms with E-state index in [1.807, 2.05) is 0 Å². The van der Waals surface area contributed by atoms with Gasteiger partial charge in [0, 0.05) is 17.0 Å². The summed E-state index contributed by atoms with van der Waals surface area (Å²) in [5.41, 5.74) is 11.3. The molecule has 0 aliphatic rings. The number of nitrogens with zero attached hydrogens (tertiary/aromatic N) is 4. The molecular formula is C10H12F3N5O2. The van der Waals surface area contributed by atoms with Gasteiger partial charge in [0.2, 0.25) is 0 Å². The smallest absolute Gasteiger partial charge is 0.390 e. The van der Waals surface area contributed by atoms with Gasteiger partial charge in [0.25, 0.3) is 0 Å². The first kappa shape index (κ1) is 16.0. The van der Waals surface area contributed by atoms with Crippen LogP contribution in [0.5, 0.6) is 0 Å². The third-order valence-electron chi connectivity index (χ3n) is 2.49. The predicted octanol–water partition coefficient (Wildman–Crippen LogP) is 1.78. The molecule has 0 saturated heterocycles. The molecule has 7 nitrogen and oxygen atoms in total. The van der Waals surface area contributed by atoms with Crippen LogP contribution in [-0.2, 0) is 6.18 Å². The highest BCUT2D eigenvalue weighted by atomic mass is 19.4. The van der Waals surface area contributed by atoms with E-state index in [-0.39, 0.29) is 18.8 Å². The monoisotopic (exact) mass is 291 g/mol. The predicted molar refractivity (Wildman–Crippen MR) is 63.2 cm³/mol. The molecule has 0 saturated carbocycles. The number of nitrogens with two attached hydrogens (primary N) is 1. The number of anilines is 1. The second kappa shape index (κ2) is 6.42. The van der Waals surface area contributed by atoms with Gasteiger partial charge in [0.05, 0.1) is 6.10 Å². The molecule has 0 bridgehead atoms. The standard InChI is InChI=1S/C10H12F3N5O2/c11-10(12,13)9-5(1-2-7(14)17-9)8(20)6(19)3-4-16-18-15/h1-2,6,8,19-20H,3-4H2,(H2,14,17). The van der Waals surface area contributed by atoms with Crippen LogP contribution in [0.25, 0.3) is 10.4 Å². The molecule has 0 aliphatic heterocycles. The molecule has 2 atom stereocenters. The Labute approximate surface area is 111 Å². The lowest BCUT2D eigenvalue weighted by atomic mass is 10.00. The van der Waals surface area contributed by atoms with Crippen LogP contribution >= 0.6 is 0 Å². The molecule has 20 heavy (non-hydrogen) atoms. The van der Waals surface area contributed by atoms with Gasteiger partial charge in [-0.25, -0.2) is 4.98 Å². The van der Waals surface area contributed by atoms with Crippen molar-refractivity contribution in [3.63, 3.8) is 0 Å². The van der Waals surface area contributed by atoms with E-state index in [1.165, 1.54) is 0 Å². The molecule has 1 rings (SSSR count). The minimum atomic E-state index is -4.81. The maximum absolute atomic E-state index is 12.8. The quantitative estimate of drug-likeness (QED) is 0.434. The van der Waals surface area contributed by atoms with E-state index in [4.69, 9.17) is 11.3 Å². The lowest BCUT2D eigenvalue weighted by molar-refractivity contribution is -0.143. The largest absolute Gasteiger partial charge is 0.433 e. The second-order valence-corrected chi connectivity index (χ2v) is 3.93. The van der Waals surface area contributed by atoms with Crippen LogP contribution < -0.4 is 5.73 Å². The Hall–Kier alpha value is -2.03. The molecule has 0 amide bonds. The van der Waals surface area contributed by atoms with Crippen LogP contribution in [0.15, 0.2) is 17.2 Å². The second-order valence-electron chi connectivity index (χ2n) is 3.93. The molecule has 0 spiro atoms. The SMILES string of the molecule is [N-]=[N+]=NCCC(O)C(O)c1ccc(N)nc1C(F)(F)F. The van der Waals surface area contributed by atoms with Crippen molar-refractivity contribution in [3.05, 3.63) is 33.8 Å². The van der Waals surface area contributed by atoms with E-state index in [0.29, 0.717) is 0 Å². The molecule has 1 heterocycles. The Morgan fingerprint density at radius 3 is 2.60 bits per heavy atom. The number of aliphatic hydroxyl groups excluding tert-OH is 2. The number of hydrogen-bond donors (Lipinski definition) is 3. The van der Waals surface area contributed by atoms with Crippen LogP contribution in [0.1, 0.15) is 23.8 Å². The number of halogens is 3.